The van der Waals surface area contributed by atoms with Gasteiger partial charge in [-0.2, -0.15) is 26.3 Å². The van der Waals surface area contributed by atoms with E-state index in [-0.39, 0.29) is 30.5 Å². The van der Waals surface area contributed by atoms with E-state index in [1.54, 1.807) is 6.07 Å². The first-order chi connectivity index (χ1) is 16.0. The molecule has 0 N–H and O–H groups in total. The summed E-state index contributed by atoms with van der Waals surface area (Å²) >= 11 is 0. The number of benzene rings is 2. The minimum atomic E-state index is -4.57. The second kappa shape index (κ2) is 9.60. The van der Waals surface area contributed by atoms with E-state index in [0.717, 1.165) is 56.6 Å². The maximum Gasteiger partial charge on any atom is 0.416 e. The average Bonchev–Trinajstić information content (AvgIpc) is 3.22. The van der Waals surface area contributed by atoms with Crippen LogP contribution in [0, 0.1) is 5.92 Å². The van der Waals surface area contributed by atoms with Gasteiger partial charge in [0.25, 0.3) is 5.91 Å². The number of hydrogen-bond donors (Lipinski definition) is 0. The lowest BCUT2D eigenvalue weighted by atomic mass is 9.87. The molecule has 2 aromatic rings. The van der Waals surface area contributed by atoms with Gasteiger partial charge in [-0.25, -0.2) is 0 Å². The molecule has 0 unspecified atom stereocenters. The van der Waals surface area contributed by atoms with Gasteiger partial charge in [-0.3, -0.25) is 4.79 Å². The summed E-state index contributed by atoms with van der Waals surface area (Å²) in [6.07, 6.45) is -5.82. The Morgan fingerprint density at radius 1 is 0.824 bits per heavy atom. The first-order valence-electron chi connectivity index (χ1n) is 11.4. The lowest BCUT2D eigenvalue weighted by Crippen LogP contribution is -2.36. The Kier molecular flexibility index (Phi) is 6.94. The molecule has 2 heterocycles. The van der Waals surface area contributed by atoms with Crippen molar-refractivity contribution in [2.45, 2.75) is 37.5 Å². The first kappa shape index (κ1) is 24.6. The Hall–Kier alpha value is -2.55. The summed E-state index contributed by atoms with van der Waals surface area (Å²) in [4.78, 5) is 16.9. The first-order valence-corrected chi connectivity index (χ1v) is 11.4. The fourth-order valence-corrected chi connectivity index (χ4v) is 5.03. The van der Waals surface area contributed by atoms with Crippen LogP contribution in [0.5, 0.6) is 0 Å². The number of nitrogens with zero attached hydrogens (tertiary/aromatic N) is 2. The lowest BCUT2D eigenvalue weighted by Gasteiger charge is -2.31. The molecule has 2 aromatic carbocycles. The van der Waals surface area contributed by atoms with Crippen molar-refractivity contribution < 1.29 is 31.1 Å². The van der Waals surface area contributed by atoms with Crippen LogP contribution in [0.15, 0.2) is 48.5 Å². The van der Waals surface area contributed by atoms with Crippen LogP contribution < -0.4 is 0 Å². The fourth-order valence-electron chi connectivity index (χ4n) is 5.03. The molecule has 34 heavy (non-hydrogen) atoms. The van der Waals surface area contributed by atoms with Gasteiger partial charge in [-0.05, 0) is 61.7 Å². The number of carbonyl (C=O) groups is 1. The molecule has 2 aliphatic heterocycles. The SMILES string of the molecule is O=C(c1cccc(C(F)(F)F)c1)N1C[C@@H](CN2CCCCC2)[C@@H](c2cccc(C(F)(F)F)c2)C1. The zero-order valence-electron chi connectivity index (χ0n) is 18.5. The van der Waals surface area contributed by atoms with Gasteiger partial charge in [-0.15, -0.1) is 0 Å². The molecule has 2 fully saturated rings. The van der Waals surface area contributed by atoms with Gasteiger partial charge >= 0.3 is 12.4 Å². The van der Waals surface area contributed by atoms with E-state index < -0.39 is 29.4 Å². The van der Waals surface area contributed by atoms with Crippen molar-refractivity contribution in [1.29, 1.82) is 0 Å². The van der Waals surface area contributed by atoms with Gasteiger partial charge in [0, 0.05) is 31.1 Å². The molecule has 4 rings (SSSR count). The molecule has 0 aliphatic carbocycles. The molecule has 0 spiro atoms. The Morgan fingerprint density at radius 2 is 1.44 bits per heavy atom. The summed E-state index contributed by atoms with van der Waals surface area (Å²) in [6, 6.07) is 9.44. The number of halogens is 6. The molecule has 2 aliphatic rings. The Bertz CT molecular complexity index is 1010. The van der Waals surface area contributed by atoms with E-state index in [1.807, 2.05) is 0 Å². The van der Waals surface area contributed by atoms with Crippen LogP contribution in [0.25, 0.3) is 0 Å². The summed E-state index contributed by atoms with van der Waals surface area (Å²) in [5.41, 5.74) is -1.23. The van der Waals surface area contributed by atoms with E-state index in [9.17, 15) is 31.1 Å². The van der Waals surface area contributed by atoms with Crippen LogP contribution in [0.1, 0.15) is 52.2 Å². The second-order valence-corrected chi connectivity index (χ2v) is 9.14. The molecule has 2 saturated heterocycles. The number of alkyl halides is 6. The van der Waals surface area contributed by atoms with Gasteiger partial charge in [0.15, 0.2) is 0 Å². The molecule has 0 bridgehead atoms. The summed E-state index contributed by atoms with van der Waals surface area (Å²) in [7, 11) is 0. The van der Waals surface area contributed by atoms with E-state index in [0.29, 0.717) is 12.1 Å². The van der Waals surface area contributed by atoms with Crippen LogP contribution in [0.4, 0.5) is 26.3 Å². The third kappa shape index (κ3) is 5.56. The summed E-state index contributed by atoms with van der Waals surface area (Å²) in [5, 5.41) is 0. The molecule has 184 valence electrons. The van der Waals surface area contributed by atoms with E-state index in [1.165, 1.54) is 23.1 Å². The minimum Gasteiger partial charge on any atom is -0.338 e. The number of likely N-dealkylation sites (tertiary alicyclic amines) is 2. The Labute approximate surface area is 194 Å². The van der Waals surface area contributed by atoms with Crippen LogP contribution in [-0.2, 0) is 12.4 Å². The number of rotatable bonds is 4. The maximum atomic E-state index is 13.3. The van der Waals surface area contributed by atoms with Crippen molar-refractivity contribution in [3.05, 3.63) is 70.8 Å². The average molecular weight is 484 g/mol. The topological polar surface area (TPSA) is 23.6 Å². The molecular weight excluding hydrogens is 458 g/mol. The predicted molar refractivity (Wildman–Crippen MR) is 115 cm³/mol. The molecule has 0 saturated carbocycles. The van der Waals surface area contributed by atoms with Crippen molar-refractivity contribution in [3.63, 3.8) is 0 Å². The monoisotopic (exact) mass is 484 g/mol. The largest absolute Gasteiger partial charge is 0.416 e. The lowest BCUT2D eigenvalue weighted by molar-refractivity contribution is -0.138. The highest BCUT2D eigenvalue weighted by Crippen LogP contribution is 2.38. The van der Waals surface area contributed by atoms with Crippen molar-refractivity contribution in [2.24, 2.45) is 5.92 Å². The van der Waals surface area contributed by atoms with Crippen LogP contribution in [0.2, 0.25) is 0 Å². The van der Waals surface area contributed by atoms with Gasteiger partial charge in [-0.1, -0.05) is 30.7 Å². The summed E-state index contributed by atoms with van der Waals surface area (Å²) in [6.45, 7) is 2.87. The van der Waals surface area contributed by atoms with Crippen LogP contribution >= 0.6 is 0 Å². The molecule has 2 atom stereocenters. The molecule has 0 aromatic heterocycles. The second-order valence-electron chi connectivity index (χ2n) is 9.14. The van der Waals surface area contributed by atoms with E-state index >= 15 is 0 Å². The quantitative estimate of drug-likeness (QED) is 0.492. The summed E-state index contributed by atoms with van der Waals surface area (Å²) in [5.74, 6) is -0.987. The number of piperidine rings is 1. The minimum absolute atomic E-state index is 0.0729. The van der Waals surface area contributed by atoms with Crippen LogP contribution in [0.3, 0.4) is 0 Å². The highest BCUT2D eigenvalue weighted by molar-refractivity contribution is 5.94. The third-order valence-corrected chi connectivity index (χ3v) is 6.75. The zero-order valence-corrected chi connectivity index (χ0v) is 18.5. The molecular formula is C25H26F6N2O. The Balaban J connectivity index is 1.60. The molecule has 1 amide bonds. The Morgan fingerprint density at radius 3 is 2.09 bits per heavy atom. The van der Waals surface area contributed by atoms with E-state index in [2.05, 4.69) is 4.90 Å². The fraction of sp³-hybridized carbons (Fsp3) is 0.480. The third-order valence-electron chi connectivity index (χ3n) is 6.75. The van der Waals surface area contributed by atoms with E-state index in [4.69, 9.17) is 0 Å². The van der Waals surface area contributed by atoms with Gasteiger partial charge in [0.2, 0.25) is 0 Å². The zero-order chi connectivity index (χ0) is 24.5. The van der Waals surface area contributed by atoms with Crippen molar-refractivity contribution in [1.82, 2.24) is 9.80 Å². The standard InChI is InChI=1S/C25H26F6N2O/c26-24(27,28)20-8-4-6-17(12-20)22-16-33(15-19(22)14-32-10-2-1-3-11-32)23(34)18-7-5-9-21(13-18)25(29,30)31/h4-9,12-13,19,22H,1-3,10-11,14-16H2/t19-,22-/m1/s1. The van der Waals surface area contributed by atoms with Crippen molar-refractivity contribution in [3.8, 4) is 0 Å². The predicted octanol–water partition coefficient (Wildman–Crippen LogP) is 6.07. The van der Waals surface area contributed by atoms with Crippen molar-refractivity contribution in [2.75, 3.05) is 32.7 Å². The smallest absolute Gasteiger partial charge is 0.338 e. The van der Waals surface area contributed by atoms with Crippen LogP contribution in [-0.4, -0.2) is 48.4 Å². The molecule has 9 heteroatoms. The molecule has 3 nitrogen and oxygen atoms in total. The maximum absolute atomic E-state index is 13.3. The van der Waals surface area contributed by atoms with Gasteiger partial charge in [0.1, 0.15) is 0 Å². The normalized spacial score (nSPS) is 22.2. The van der Waals surface area contributed by atoms with Crippen molar-refractivity contribution >= 4 is 5.91 Å². The highest BCUT2D eigenvalue weighted by atomic mass is 19.4. The number of hydrogen-bond acceptors (Lipinski definition) is 2. The molecule has 0 radical (unpaired) electrons. The highest BCUT2D eigenvalue weighted by Gasteiger charge is 2.39. The van der Waals surface area contributed by atoms with Gasteiger partial charge in [0.05, 0.1) is 11.1 Å². The number of amides is 1. The number of carbonyl (C=O) groups excluding carboxylic acids is 1. The van der Waals surface area contributed by atoms with Gasteiger partial charge < -0.3 is 9.80 Å². The summed E-state index contributed by atoms with van der Waals surface area (Å²) < 4.78 is 79.3.